The van der Waals surface area contributed by atoms with Gasteiger partial charge in [-0.1, -0.05) is 0 Å². The van der Waals surface area contributed by atoms with Gasteiger partial charge in [-0.05, 0) is 39.2 Å². The number of alkyl halides is 5. The molecule has 2 aromatic rings. The van der Waals surface area contributed by atoms with Crippen molar-refractivity contribution in [3.05, 3.63) is 28.8 Å². The lowest BCUT2D eigenvalue weighted by molar-refractivity contribution is -0.141. The fraction of sp³-hybridized carbons (Fsp3) is 0.625. The molecule has 0 unspecified atom stereocenters. The topological polar surface area (TPSA) is 81.8 Å². The van der Waals surface area contributed by atoms with Crippen molar-refractivity contribution in [2.24, 2.45) is 0 Å². The van der Waals surface area contributed by atoms with Gasteiger partial charge < -0.3 is 0 Å². The molecule has 29 heavy (non-hydrogen) atoms. The van der Waals surface area contributed by atoms with Crippen molar-refractivity contribution >= 4 is 10.0 Å². The van der Waals surface area contributed by atoms with Crippen LogP contribution < -0.4 is 4.72 Å². The summed E-state index contributed by atoms with van der Waals surface area (Å²) in [5, 5.41) is 7.15. The molecule has 3 rings (SSSR count). The predicted molar refractivity (Wildman–Crippen MR) is 92.0 cm³/mol. The van der Waals surface area contributed by atoms with Crippen molar-refractivity contribution in [1.82, 2.24) is 24.3 Å². The van der Waals surface area contributed by atoms with Crippen LogP contribution in [0.2, 0.25) is 0 Å². The largest absolute Gasteiger partial charge is 0.435 e. The summed E-state index contributed by atoms with van der Waals surface area (Å²) in [5.41, 5.74) is -0.730. The molecule has 0 aliphatic heterocycles. The van der Waals surface area contributed by atoms with Gasteiger partial charge in [-0.2, -0.15) is 32.1 Å². The molecular formula is C16H20F5N5O2S. The Balaban J connectivity index is 1.66. The van der Waals surface area contributed by atoms with Crippen molar-refractivity contribution in [1.29, 1.82) is 0 Å². The number of nitrogens with one attached hydrogen (secondary N) is 1. The summed E-state index contributed by atoms with van der Waals surface area (Å²) in [5.74, 6) is 0.0424. The minimum atomic E-state index is -4.55. The molecule has 7 nitrogen and oxygen atoms in total. The monoisotopic (exact) mass is 441 g/mol. The van der Waals surface area contributed by atoms with Crippen LogP contribution in [0, 0.1) is 13.8 Å². The molecule has 162 valence electrons. The molecule has 0 saturated heterocycles. The first kappa shape index (κ1) is 21.7. The SMILES string of the molecule is Cc1nn(C(F)F)c(C)c1S(=O)(=O)NCCCn1nc(C(F)(F)F)cc1C1CC1. The van der Waals surface area contributed by atoms with E-state index in [2.05, 4.69) is 14.9 Å². The van der Waals surface area contributed by atoms with E-state index in [1.165, 1.54) is 18.5 Å². The van der Waals surface area contributed by atoms with E-state index in [0.29, 0.717) is 10.4 Å². The van der Waals surface area contributed by atoms with E-state index in [1.54, 1.807) is 0 Å². The van der Waals surface area contributed by atoms with Crippen LogP contribution in [0.3, 0.4) is 0 Å². The first-order valence-corrected chi connectivity index (χ1v) is 10.4. The Morgan fingerprint density at radius 1 is 1.24 bits per heavy atom. The summed E-state index contributed by atoms with van der Waals surface area (Å²) in [6, 6.07) is 1.04. The fourth-order valence-electron chi connectivity index (χ4n) is 3.19. The average Bonchev–Trinajstić information content (AvgIpc) is 3.25. The highest BCUT2D eigenvalue weighted by atomic mass is 32.2. The maximum atomic E-state index is 12.9. The molecule has 1 N–H and O–H groups in total. The molecule has 0 bridgehead atoms. The van der Waals surface area contributed by atoms with Crippen LogP contribution in [0.15, 0.2) is 11.0 Å². The van der Waals surface area contributed by atoms with Crippen LogP contribution in [0.25, 0.3) is 0 Å². The molecule has 13 heteroatoms. The van der Waals surface area contributed by atoms with E-state index < -0.39 is 28.4 Å². The summed E-state index contributed by atoms with van der Waals surface area (Å²) < 4.78 is 93.3. The second kappa shape index (κ2) is 7.67. The predicted octanol–water partition coefficient (Wildman–Crippen LogP) is 3.36. The third kappa shape index (κ3) is 4.60. The summed E-state index contributed by atoms with van der Waals surface area (Å²) in [6.07, 6.45) is -2.78. The molecule has 0 radical (unpaired) electrons. The van der Waals surface area contributed by atoms with E-state index in [1.807, 2.05) is 0 Å². The minimum absolute atomic E-state index is 0.0424. The van der Waals surface area contributed by atoms with E-state index in [-0.39, 0.29) is 41.7 Å². The zero-order valence-corrected chi connectivity index (χ0v) is 16.5. The smallest absolute Gasteiger partial charge is 0.269 e. The lowest BCUT2D eigenvalue weighted by Gasteiger charge is -2.09. The Labute approximate surface area is 163 Å². The lowest BCUT2D eigenvalue weighted by atomic mass is 10.2. The number of hydrogen-bond acceptors (Lipinski definition) is 4. The van der Waals surface area contributed by atoms with Crippen LogP contribution in [-0.2, 0) is 22.7 Å². The number of aryl methyl sites for hydroxylation is 2. The normalized spacial score (nSPS) is 15.4. The Kier molecular flexibility index (Phi) is 5.73. The molecule has 2 heterocycles. The molecule has 0 atom stereocenters. The van der Waals surface area contributed by atoms with Crippen LogP contribution in [-0.4, -0.2) is 34.5 Å². The Morgan fingerprint density at radius 3 is 2.41 bits per heavy atom. The van der Waals surface area contributed by atoms with Crippen LogP contribution in [0.4, 0.5) is 22.0 Å². The third-order valence-electron chi connectivity index (χ3n) is 4.65. The van der Waals surface area contributed by atoms with Gasteiger partial charge in [-0.3, -0.25) is 4.68 Å². The van der Waals surface area contributed by atoms with Gasteiger partial charge in [0, 0.05) is 24.7 Å². The van der Waals surface area contributed by atoms with Crippen molar-refractivity contribution in [2.75, 3.05) is 6.54 Å². The highest BCUT2D eigenvalue weighted by Crippen LogP contribution is 2.42. The van der Waals surface area contributed by atoms with Crippen LogP contribution in [0.5, 0.6) is 0 Å². The zero-order valence-electron chi connectivity index (χ0n) is 15.7. The van der Waals surface area contributed by atoms with Crippen molar-refractivity contribution in [3.63, 3.8) is 0 Å². The molecule has 1 saturated carbocycles. The summed E-state index contributed by atoms with van der Waals surface area (Å²) in [4.78, 5) is -0.324. The number of halogens is 5. The summed E-state index contributed by atoms with van der Waals surface area (Å²) >= 11 is 0. The van der Waals surface area contributed by atoms with E-state index in [9.17, 15) is 30.4 Å². The van der Waals surface area contributed by atoms with Gasteiger partial charge in [0.2, 0.25) is 10.0 Å². The van der Waals surface area contributed by atoms with Crippen LogP contribution in [0.1, 0.15) is 54.5 Å². The molecule has 2 aromatic heterocycles. The highest BCUT2D eigenvalue weighted by Gasteiger charge is 2.37. The first-order chi connectivity index (χ1) is 13.4. The molecule has 0 aromatic carbocycles. The van der Waals surface area contributed by atoms with Gasteiger partial charge in [0.1, 0.15) is 4.90 Å². The zero-order chi connectivity index (χ0) is 21.6. The van der Waals surface area contributed by atoms with E-state index >= 15 is 0 Å². The second-order valence-electron chi connectivity index (χ2n) is 6.92. The van der Waals surface area contributed by atoms with Crippen molar-refractivity contribution < 1.29 is 30.4 Å². The van der Waals surface area contributed by atoms with Gasteiger partial charge in [-0.15, -0.1) is 0 Å². The van der Waals surface area contributed by atoms with E-state index in [0.717, 1.165) is 18.9 Å². The third-order valence-corrected chi connectivity index (χ3v) is 6.36. The molecule has 1 aliphatic carbocycles. The molecule has 0 amide bonds. The molecule has 1 fully saturated rings. The number of hydrogen-bond donors (Lipinski definition) is 1. The maximum absolute atomic E-state index is 12.9. The first-order valence-electron chi connectivity index (χ1n) is 8.90. The second-order valence-corrected chi connectivity index (χ2v) is 8.63. The fourth-order valence-corrected chi connectivity index (χ4v) is 4.66. The summed E-state index contributed by atoms with van der Waals surface area (Å²) in [6.45, 7) is -0.429. The number of rotatable bonds is 8. The number of aromatic nitrogens is 4. The van der Waals surface area contributed by atoms with E-state index in [4.69, 9.17) is 0 Å². The van der Waals surface area contributed by atoms with Gasteiger partial charge in [0.15, 0.2) is 5.69 Å². The Morgan fingerprint density at radius 2 is 1.90 bits per heavy atom. The van der Waals surface area contributed by atoms with Crippen LogP contribution >= 0.6 is 0 Å². The van der Waals surface area contributed by atoms with Crippen molar-refractivity contribution in [3.8, 4) is 0 Å². The molecular weight excluding hydrogens is 421 g/mol. The number of nitrogens with zero attached hydrogens (tertiary/aromatic N) is 4. The van der Waals surface area contributed by atoms with Crippen molar-refractivity contribution in [2.45, 2.75) is 63.2 Å². The Bertz CT molecular complexity index is 992. The molecule has 0 spiro atoms. The quantitative estimate of drug-likeness (QED) is 0.503. The maximum Gasteiger partial charge on any atom is 0.435 e. The van der Waals surface area contributed by atoms with Gasteiger partial charge in [0.05, 0.1) is 11.4 Å². The van der Waals surface area contributed by atoms with Gasteiger partial charge in [-0.25, -0.2) is 17.8 Å². The highest BCUT2D eigenvalue weighted by molar-refractivity contribution is 7.89. The summed E-state index contributed by atoms with van der Waals surface area (Å²) in [7, 11) is -4.10. The molecule has 1 aliphatic rings. The lowest BCUT2D eigenvalue weighted by Crippen LogP contribution is -2.27. The Hall–Kier alpha value is -2.02. The minimum Gasteiger partial charge on any atom is -0.269 e. The van der Waals surface area contributed by atoms with Gasteiger partial charge in [0.25, 0.3) is 0 Å². The standard InChI is InChI=1S/C16H20F5N5O2S/c1-9-14(10(2)26(23-9)15(17)18)29(27,28)22-6-3-7-25-12(11-4-5-11)8-13(24-25)16(19,20)21/h8,11,15,22H,3-7H2,1-2H3. The average molecular weight is 441 g/mol. The number of sulfonamides is 1. The van der Waals surface area contributed by atoms with Gasteiger partial charge >= 0.3 is 12.7 Å².